The molecule has 0 aliphatic carbocycles. The van der Waals surface area contributed by atoms with Crippen LogP contribution in [0.5, 0.6) is 0 Å². The van der Waals surface area contributed by atoms with Crippen molar-refractivity contribution in [3.05, 3.63) is 26.3 Å². The van der Waals surface area contributed by atoms with Gasteiger partial charge in [0.25, 0.3) is 10.0 Å². The first kappa shape index (κ1) is 21.7. The molecule has 0 radical (unpaired) electrons. The van der Waals surface area contributed by atoms with E-state index in [9.17, 15) is 22.8 Å². The van der Waals surface area contributed by atoms with Crippen molar-refractivity contribution < 1.29 is 22.7 Å². The second kappa shape index (κ2) is 8.63. The summed E-state index contributed by atoms with van der Waals surface area (Å²) in [4.78, 5) is 36.0. The minimum atomic E-state index is -4.46. The molecule has 28 heavy (non-hydrogen) atoms. The molecule has 0 bridgehead atoms. The predicted octanol–water partition coefficient (Wildman–Crippen LogP) is 0.800. The van der Waals surface area contributed by atoms with E-state index in [1.54, 1.807) is 11.6 Å². The number of nitrogens with one attached hydrogen (secondary N) is 1. The van der Waals surface area contributed by atoms with Crippen molar-refractivity contribution in [3.8, 4) is 12.3 Å². The number of aryl methyl sites for hydroxylation is 1. The average molecular weight is 445 g/mol. The molecule has 150 valence electrons. The Morgan fingerprint density at radius 2 is 2.14 bits per heavy atom. The van der Waals surface area contributed by atoms with Crippen LogP contribution in [0.15, 0.2) is 20.2 Å². The minimum Gasteiger partial charge on any atom is -0.462 e. The van der Waals surface area contributed by atoms with Gasteiger partial charge in [-0.2, -0.15) is 0 Å². The number of terminal acetylenes is 1. The molecular weight excluding hydrogens is 428 g/mol. The van der Waals surface area contributed by atoms with E-state index in [1.807, 2.05) is 0 Å². The SMILES string of the molecule is C#CCSc1nn(C(=O)NS(=O)(=O)c2c(C)csc2C(=O)OCC)c(=O)n1C. The number of aromatic nitrogens is 3. The normalized spacial score (nSPS) is 11.1. The summed E-state index contributed by atoms with van der Waals surface area (Å²) in [5.74, 6) is 1.74. The first-order chi connectivity index (χ1) is 13.1. The van der Waals surface area contributed by atoms with E-state index in [-0.39, 0.29) is 32.9 Å². The van der Waals surface area contributed by atoms with Crippen molar-refractivity contribution in [2.45, 2.75) is 23.9 Å². The molecule has 1 N–H and O–H groups in total. The molecule has 0 atom stereocenters. The highest BCUT2D eigenvalue weighted by atomic mass is 32.2. The molecule has 0 aliphatic heterocycles. The molecule has 13 heteroatoms. The quantitative estimate of drug-likeness (QED) is 0.393. The fourth-order valence-corrected chi connectivity index (χ4v) is 5.33. The van der Waals surface area contributed by atoms with Gasteiger partial charge in [0.1, 0.15) is 9.77 Å². The second-order valence-corrected chi connectivity index (χ2v) is 8.68. The van der Waals surface area contributed by atoms with Gasteiger partial charge in [-0.3, -0.25) is 4.57 Å². The molecule has 2 rings (SSSR count). The van der Waals surface area contributed by atoms with Crippen LogP contribution in [-0.4, -0.2) is 47.1 Å². The molecule has 0 aromatic carbocycles. The van der Waals surface area contributed by atoms with Crippen LogP contribution in [0.4, 0.5) is 4.79 Å². The number of sulfonamides is 1. The molecule has 0 spiro atoms. The third kappa shape index (κ3) is 4.29. The van der Waals surface area contributed by atoms with Crippen molar-refractivity contribution in [1.82, 2.24) is 19.1 Å². The maximum Gasteiger partial charge on any atom is 0.360 e. The van der Waals surface area contributed by atoms with E-state index in [0.29, 0.717) is 4.68 Å². The fourth-order valence-electron chi connectivity index (χ4n) is 2.10. The molecule has 2 heterocycles. The van der Waals surface area contributed by atoms with Crippen LogP contribution < -0.4 is 10.4 Å². The Bertz CT molecular complexity index is 1120. The van der Waals surface area contributed by atoms with Gasteiger partial charge in [0.15, 0.2) is 5.16 Å². The third-order valence-electron chi connectivity index (χ3n) is 3.29. The van der Waals surface area contributed by atoms with E-state index in [0.717, 1.165) is 27.7 Å². The summed E-state index contributed by atoms with van der Waals surface area (Å²) in [5, 5.41) is 5.39. The van der Waals surface area contributed by atoms with Crippen LogP contribution in [0, 0.1) is 19.3 Å². The highest BCUT2D eigenvalue weighted by Crippen LogP contribution is 2.27. The molecule has 0 aliphatic rings. The third-order valence-corrected chi connectivity index (χ3v) is 6.93. The van der Waals surface area contributed by atoms with E-state index in [1.165, 1.54) is 19.4 Å². The van der Waals surface area contributed by atoms with Crippen LogP contribution in [0.25, 0.3) is 0 Å². The number of thiophene rings is 1. The molecular formula is C15H16N4O6S3. The van der Waals surface area contributed by atoms with Crippen molar-refractivity contribution in [2.24, 2.45) is 7.05 Å². The van der Waals surface area contributed by atoms with Crippen LogP contribution in [-0.2, 0) is 21.8 Å². The Morgan fingerprint density at radius 1 is 1.46 bits per heavy atom. The number of thioether (sulfide) groups is 1. The molecule has 0 fully saturated rings. The minimum absolute atomic E-state index is 0.0586. The van der Waals surface area contributed by atoms with Gasteiger partial charge in [-0.05, 0) is 24.8 Å². The lowest BCUT2D eigenvalue weighted by atomic mass is 10.3. The molecule has 10 nitrogen and oxygen atoms in total. The summed E-state index contributed by atoms with van der Waals surface area (Å²) in [6.45, 7) is 3.11. The van der Waals surface area contributed by atoms with E-state index < -0.39 is 27.7 Å². The lowest BCUT2D eigenvalue weighted by molar-refractivity contribution is 0.0527. The lowest BCUT2D eigenvalue weighted by Crippen LogP contribution is -2.40. The van der Waals surface area contributed by atoms with Crippen molar-refractivity contribution >= 4 is 45.1 Å². The number of hydrogen-bond acceptors (Lipinski definition) is 9. The zero-order valence-corrected chi connectivity index (χ0v) is 17.5. The Hall–Kier alpha value is -2.56. The summed E-state index contributed by atoms with van der Waals surface area (Å²) < 4.78 is 33.4. The Morgan fingerprint density at radius 3 is 2.75 bits per heavy atom. The zero-order valence-electron chi connectivity index (χ0n) is 15.1. The Kier molecular flexibility index (Phi) is 6.70. The molecule has 0 unspecified atom stereocenters. The van der Waals surface area contributed by atoms with E-state index in [2.05, 4.69) is 11.0 Å². The fraction of sp³-hybridized carbons (Fsp3) is 0.333. The second-order valence-electron chi connectivity index (χ2n) is 5.24. The lowest BCUT2D eigenvalue weighted by Gasteiger charge is -2.08. The van der Waals surface area contributed by atoms with Crippen molar-refractivity contribution in [2.75, 3.05) is 12.4 Å². The first-order valence-electron chi connectivity index (χ1n) is 7.68. The summed E-state index contributed by atoms with van der Waals surface area (Å²) in [5.41, 5.74) is -0.591. The number of nitrogens with zero attached hydrogens (tertiary/aromatic N) is 3. The van der Waals surface area contributed by atoms with Gasteiger partial charge < -0.3 is 4.74 Å². The standard InChI is InChI=1S/C15H16N4O6S3/c1-5-7-26-14-16-19(15(22)18(14)4)13(21)17-28(23,24)11-9(3)8-27-10(11)12(20)25-6-2/h1,8H,6-7H2,2-4H3,(H,17,21). The molecule has 0 saturated carbocycles. The van der Waals surface area contributed by atoms with Gasteiger partial charge in [0.2, 0.25) is 0 Å². The van der Waals surface area contributed by atoms with Gasteiger partial charge >= 0.3 is 17.7 Å². The summed E-state index contributed by atoms with van der Waals surface area (Å²) in [6, 6.07) is -1.28. The van der Waals surface area contributed by atoms with Crippen LogP contribution in [0.1, 0.15) is 22.2 Å². The van der Waals surface area contributed by atoms with Crippen molar-refractivity contribution in [3.63, 3.8) is 0 Å². The van der Waals surface area contributed by atoms with Crippen LogP contribution in [0.2, 0.25) is 0 Å². The summed E-state index contributed by atoms with van der Waals surface area (Å²) >= 11 is 1.91. The topological polar surface area (TPSA) is 129 Å². The maximum atomic E-state index is 12.7. The first-order valence-corrected chi connectivity index (χ1v) is 11.0. The number of esters is 1. The maximum absolute atomic E-state index is 12.7. The number of carbonyl (C=O) groups is 2. The number of hydrogen-bond donors (Lipinski definition) is 1. The summed E-state index contributed by atoms with van der Waals surface area (Å²) in [6.07, 6.45) is 5.15. The zero-order chi connectivity index (χ0) is 21.1. The molecule has 2 aromatic heterocycles. The average Bonchev–Trinajstić information content (AvgIpc) is 3.15. The predicted molar refractivity (Wildman–Crippen MR) is 103 cm³/mol. The Balaban J connectivity index is 2.38. The van der Waals surface area contributed by atoms with Crippen LogP contribution in [0.3, 0.4) is 0 Å². The number of amides is 1. The monoisotopic (exact) mass is 444 g/mol. The smallest absolute Gasteiger partial charge is 0.360 e. The van der Waals surface area contributed by atoms with Gasteiger partial charge in [-0.1, -0.05) is 17.7 Å². The van der Waals surface area contributed by atoms with Gasteiger partial charge in [0, 0.05) is 7.05 Å². The van der Waals surface area contributed by atoms with E-state index in [4.69, 9.17) is 11.2 Å². The summed E-state index contributed by atoms with van der Waals surface area (Å²) in [7, 11) is -3.09. The van der Waals surface area contributed by atoms with Gasteiger partial charge in [-0.25, -0.2) is 27.5 Å². The number of carbonyl (C=O) groups excluding carboxylic acids is 2. The highest BCUT2D eigenvalue weighted by Gasteiger charge is 2.30. The molecule has 1 amide bonds. The highest BCUT2D eigenvalue weighted by molar-refractivity contribution is 7.99. The molecule has 2 aromatic rings. The number of rotatable bonds is 6. The van der Waals surface area contributed by atoms with Gasteiger partial charge in [0.05, 0.1) is 12.4 Å². The Labute approximate surface area is 168 Å². The largest absolute Gasteiger partial charge is 0.462 e. The van der Waals surface area contributed by atoms with Crippen molar-refractivity contribution in [1.29, 1.82) is 0 Å². The molecule has 0 saturated heterocycles. The van der Waals surface area contributed by atoms with E-state index >= 15 is 0 Å². The van der Waals surface area contributed by atoms with Crippen LogP contribution >= 0.6 is 23.1 Å². The van der Waals surface area contributed by atoms with Gasteiger partial charge in [-0.15, -0.1) is 27.5 Å². The number of ether oxygens (including phenoxy) is 1.